The van der Waals surface area contributed by atoms with Crippen LogP contribution in [0.2, 0.25) is 0 Å². The summed E-state index contributed by atoms with van der Waals surface area (Å²) in [5, 5.41) is 12.1. The van der Waals surface area contributed by atoms with E-state index in [1.807, 2.05) is 0 Å². The lowest BCUT2D eigenvalue weighted by Gasteiger charge is -2.08. The molecule has 0 saturated heterocycles. The molecule has 20 heavy (non-hydrogen) atoms. The van der Waals surface area contributed by atoms with Crippen LogP contribution in [0.1, 0.15) is 21.5 Å². The average Bonchev–Trinajstić information content (AvgIpc) is 2.43. The molecule has 2 aromatic carbocycles. The van der Waals surface area contributed by atoms with Crippen molar-refractivity contribution < 1.29 is 14.3 Å². The number of carbonyl (C=O) groups is 1. The van der Waals surface area contributed by atoms with Gasteiger partial charge in [-0.3, -0.25) is 4.79 Å². The Morgan fingerprint density at radius 2 is 2.05 bits per heavy atom. The minimum Gasteiger partial charge on any atom is -0.508 e. The zero-order valence-corrected chi connectivity index (χ0v) is 11.0. The Balaban J connectivity index is 2.21. The zero-order valence-electron chi connectivity index (χ0n) is 11.0. The van der Waals surface area contributed by atoms with Crippen molar-refractivity contribution >= 4 is 11.6 Å². The van der Waals surface area contributed by atoms with Crippen molar-refractivity contribution in [1.29, 1.82) is 0 Å². The Labute approximate surface area is 116 Å². The first-order valence-corrected chi connectivity index (χ1v) is 6.10. The van der Waals surface area contributed by atoms with Gasteiger partial charge >= 0.3 is 0 Å². The van der Waals surface area contributed by atoms with Crippen molar-refractivity contribution in [3.05, 3.63) is 58.9 Å². The van der Waals surface area contributed by atoms with E-state index >= 15 is 0 Å². The number of halogens is 1. The Morgan fingerprint density at radius 3 is 2.70 bits per heavy atom. The van der Waals surface area contributed by atoms with Gasteiger partial charge in [0.25, 0.3) is 5.91 Å². The summed E-state index contributed by atoms with van der Waals surface area (Å²) in [7, 11) is 0. The maximum atomic E-state index is 13.3. The maximum absolute atomic E-state index is 13.3. The van der Waals surface area contributed by atoms with E-state index in [4.69, 9.17) is 5.73 Å². The summed E-state index contributed by atoms with van der Waals surface area (Å²) in [4.78, 5) is 12.0. The Bertz CT molecular complexity index is 656. The molecule has 0 atom stereocenters. The van der Waals surface area contributed by atoms with E-state index in [0.717, 1.165) is 0 Å². The van der Waals surface area contributed by atoms with Gasteiger partial charge in [0.2, 0.25) is 0 Å². The molecule has 0 saturated carbocycles. The van der Waals surface area contributed by atoms with Crippen molar-refractivity contribution in [2.75, 3.05) is 5.32 Å². The number of nitrogens with two attached hydrogens (primary N) is 1. The Hall–Kier alpha value is -2.40. The second-order valence-corrected chi connectivity index (χ2v) is 4.47. The molecular weight excluding hydrogens is 259 g/mol. The summed E-state index contributed by atoms with van der Waals surface area (Å²) >= 11 is 0. The second kappa shape index (κ2) is 5.71. The number of nitrogens with one attached hydrogen (secondary N) is 1. The van der Waals surface area contributed by atoms with Gasteiger partial charge in [-0.05, 0) is 48.9 Å². The van der Waals surface area contributed by atoms with Crippen molar-refractivity contribution in [2.45, 2.75) is 13.5 Å². The molecule has 2 rings (SSSR count). The van der Waals surface area contributed by atoms with Crippen molar-refractivity contribution in [2.24, 2.45) is 5.73 Å². The van der Waals surface area contributed by atoms with E-state index in [1.54, 1.807) is 13.0 Å². The zero-order chi connectivity index (χ0) is 14.7. The topological polar surface area (TPSA) is 75.4 Å². The number of benzene rings is 2. The highest BCUT2D eigenvalue weighted by molar-refractivity contribution is 6.04. The highest BCUT2D eigenvalue weighted by atomic mass is 19.1. The first kappa shape index (κ1) is 14.0. The SMILES string of the molecule is Cc1cc(C(=O)Nc2ccc(F)c(CN)c2)ccc1O. The molecule has 0 aliphatic carbocycles. The van der Waals surface area contributed by atoms with Crippen LogP contribution in [0.25, 0.3) is 0 Å². The van der Waals surface area contributed by atoms with Gasteiger partial charge in [-0.1, -0.05) is 0 Å². The van der Waals surface area contributed by atoms with Gasteiger partial charge in [0.15, 0.2) is 0 Å². The van der Waals surface area contributed by atoms with Crippen molar-refractivity contribution in [3.63, 3.8) is 0 Å². The van der Waals surface area contributed by atoms with Gasteiger partial charge in [0.1, 0.15) is 11.6 Å². The minimum absolute atomic E-state index is 0.0634. The van der Waals surface area contributed by atoms with Crippen LogP contribution in [-0.2, 0) is 6.54 Å². The largest absolute Gasteiger partial charge is 0.508 e. The van der Waals surface area contributed by atoms with Gasteiger partial charge in [0.05, 0.1) is 0 Å². The van der Waals surface area contributed by atoms with Gasteiger partial charge in [-0.25, -0.2) is 4.39 Å². The lowest BCUT2D eigenvalue weighted by Crippen LogP contribution is -2.12. The fraction of sp³-hybridized carbons (Fsp3) is 0.133. The highest BCUT2D eigenvalue weighted by Gasteiger charge is 2.09. The van der Waals surface area contributed by atoms with Gasteiger partial charge in [-0.15, -0.1) is 0 Å². The number of hydrogen-bond donors (Lipinski definition) is 3. The van der Waals surface area contributed by atoms with Crippen molar-refractivity contribution in [1.82, 2.24) is 0 Å². The van der Waals surface area contributed by atoms with E-state index in [2.05, 4.69) is 5.32 Å². The third kappa shape index (κ3) is 2.95. The lowest BCUT2D eigenvalue weighted by atomic mass is 10.1. The summed E-state index contributed by atoms with van der Waals surface area (Å²) in [6.07, 6.45) is 0. The number of rotatable bonds is 3. The number of phenolic OH excluding ortho intramolecular Hbond substituents is 1. The van der Waals surface area contributed by atoms with Crippen molar-refractivity contribution in [3.8, 4) is 5.75 Å². The number of aryl methyl sites for hydroxylation is 1. The molecule has 0 aliphatic rings. The highest BCUT2D eigenvalue weighted by Crippen LogP contribution is 2.19. The predicted octanol–water partition coefficient (Wildman–Crippen LogP) is 2.55. The first-order valence-electron chi connectivity index (χ1n) is 6.10. The number of hydrogen-bond acceptors (Lipinski definition) is 3. The number of phenols is 1. The fourth-order valence-electron chi connectivity index (χ4n) is 1.81. The molecular formula is C15H15FN2O2. The summed E-state index contributed by atoms with van der Waals surface area (Å²) in [5.74, 6) is -0.595. The predicted molar refractivity (Wildman–Crippen MR) is 75.1 cm³/mol. The summed E-state index contributed by atoms with van der Waals surface area (Å²) < 4.78 is 13.3. The van der Waals surface area contributed by atoms with E-state index in [-0.39, 0.29) is 18.2 Å². The molecule has 0 radical (unpaired) electrons. The van der Waals surface area contributed by atoms with E-state index in [1.165, 1.54) is 30.3 Å². The normalized spacial score (nSPS) is 10.3. The average molecular weight is 274 g/mol. The van der Waals surface area contributed by atoms with Crippen LogP contribution in [0.15, 0.2) is 36.4 Å². The van der Waals surface area contributed by atoms with Crippen LogP contribution in [0.5, 0.6) is 5.75 Å². The van der Waals surface area contributed by atoms with Crippen LogP contribution in [-0.4, -0.2) is 11.0 Å². The third-order valence-electron chi connectivity index (χ3n) is 2.98. The molecule has 0 unspecified atom stereocenters. The van der Waals surface area contributed by atoms with Crippen LogP contribution in [0.4, 0.5) is 10.1 Å². The minimum atomic E-state index is -0.397. The van der Waals surface area contributed by atoms with E-state index in [0.29, 0.717) is 22.4 Å². The quantitative estimate of drug-likeness (QED) is 0.805. The molecule has 1 amide bonds. The molecule has 0 heterocycles. The molecule has 4 nitrogen and oxygen atoms in total. The number of amides is 1. The second-order valence-electron chi connectivity index (χ2n) is 4.47. The molecule has 4 N–H and O–H groups in total. The van der Waals surface area contributed by atoms with Crippen LogP contribution < -0.4 is 11.1 Å². The molecule has 0 aromatic heterocycles. The lowest BCUT2D eigenvalue weighted by molar-refractivity contribution is 0.102. The third-order valence-corrected chi connectivity index (χ3v) is 2.98. The summed E-state index contributed by atoms with van der Waals surface area (Å²) in [5.41, 5.74) is 7.26. The first-order chi connectivity index (χ1) is 9.51. The van der Waals surface area contributed by atoms with Gasteiger partial charge < -0.3 is 16.2 Å². The Morgan fingerprint density at radius 1 is 1.30 bits per heavy atom. The summed E-state index contributed by atoms with van der Waals surface area (Å²) in [6.45, 7) is 1.77. The van der Waals surface area contributed by atoms with Gasteiger partial charge in [-0.2, -0.15) is 0 Å². The molecule has 5 heteroatoms. The fourth-order valence-corrected chi connectivity index (χ4v) is 1.81. The molecule has 0 bridgehead atoms. The van der Waals surface area contributed by atoms with Gasteiger partial charge in [0, 0.05) is 23.4 Å². The smallest absolute Gasteiger partial charge is 0.255 e. The molecule has 0 fully saturated rings. The maximum Gasteiger partial charge on any atom is 0.255 e. The molecule has 0 spiro atoms. The number of anilines is 1. The number of carbonyl (C=O) groups excluding carboxylic acids is 1. The standard InChI is InChI=1S/C15H15FN2O2/c1-9-6-10(2-5-14(9)19)15(20)18-12-3-4-13(16)11(7-12)8-17/h2-7,19H,8,17H2,1H3,(H,18,20). The monoisotopic (exact) mass is 274 g/mol. The molecule has 2 aromatic rings. The van der Waals surface area contributed by atoms with Crippen LogP contribution >= 0.6 is 0 Å². The Kier molecular flexibility index (Phi) is 4.00. The van der Waals surface area contributed by atoms with E-state index in [9.17, 15) is 14.3 Å². The number of aromatic hydroxyl groups is 1. The molecule has 0 aliphatic heterocycles. The van der Waals surface area contributed by atoms with E-state index < -0.39 is 5.82 Å². The van der Waals surface area contributed by atoms with Crippen LogP contribution in [0, 0.1) is 12.7 Å². The molecule has 104 valence electrons. The summed E-state index contributed by atoms with van der Waals surface area (Å²) in [6, 6.07) is 8.79. The van der Waals surface area contributed by atoms with Crippen LogP contribution in [0.3, 0.4) is 0 Å².